The highest BCUT2D eigenvalue weighted by Gasteiger charge is 2.01. The minimum Gasteiger partial charge on any atom is -0.477 e. The lowest BCUT2D eigenvalue weighted by atomic mass is 10.2. The lowest BCUT2D eigenvalue weighted by Gasteiger charge is -2.08. The van der Waals surface area contributed by atoms with Gasteiger partial charge in [0, 0.05) is 37.0 Å². The van der Waals surface area contributed by atoms with Crippen molar-refractivity contribution in [2.75, 3.05) is 50.9 Å². The second-order valence-corrected chi connectivity index (χ2v) is 12.0. The Kier molecular flexibility index (Phi) is 25.4. The Morgan fingerprint density at radius 1 is 0.639 bits per heavy atom. The molecule has 12 heteroatoms. The molecule has 0 amide bonds. The highest BCUT2D eigenvalue weighted by atomic mass is 79.9. The van der Waals surface area contributed by atoms with Gasteiger partial charge in [0.15, 0.2) is 0 Å². The molecule has 0 saturated heterocycles. The van der Waals surface area contributed by atoms with Crippen LogP contribution in [0.4, 0.5) is 0 Å². The summed E-state index contributed by atoms with van der Waals surface area (Å²) >= 11 is 6.90. The lowest BCUT2D eigenvalue weighted by Crippen LogP contribution is -2.19. The number of aromatic nitrogens is 2. The molecule has 0 aliphatic heterocycles. The largest absolute Gasteiger partial charge is 0.477 e. The second kappa shape index (κ2) is 25.3. The monoisotopic (exact) mass is 706 g/mol. The minimum atomic E-state index is 0. The van der Waals surface area contributed by atoms with Crippen molar-refractivity contribution in [1.29, 1.82) is 0 Å². The molecule has 0 aliphatic rings. The zero-order chi connectivity index (χ0) is 24.1. The smallest absolute Gasteiger partial charge is 0.227 e. The Labute approximate surface area is 253 Å². The van der Waals surface area contributed by atoms with Crippen LogP contribution in [0.1, 0.15) is 38.5 Å². The number of halogens is 4. The van der Waals surface area contributed by atoms with Crippen LogP contribution in [0.5, 0.6) is 11.8 Å². The van der Waals surface area contributed by atoms with Gasteiger partial charge in [0.1, 0.15) is 0 Å². The summed E-state index contributed by atoms with van der Waals surface area (Å²) in [7, 11) is 3.91. The molecule has 6 nitrogen and oxygen atoms in total. The summed E-state index contributed by atoms with van der Waals surface area (Å²) in [4.78, 5) is 8.42. The zero-order valence-electron chi connectivity index (χ0n) is 20.5. The van der Waals surface area contributed by atoms with E-state index in [2.05, 4.69) is 52.5 Å². The summed E-state index contributed by atoms with van der Waals surface area (Å²) in [5.74, 6) is 3.66. The van der Waals surface area contributed by atoms with Gasteiger partial charge in [0.2, 0.25) is 11.8 Å². The first-order valence-corrected chi connectivity index (χ1v) is 16.0. The quantitative estimate of drug-likeness (QED) is 0.104. The van der Waals surface area contributed by atoms with Crippen molar-refractivity contribution in [2.24, 2.45) is 0 Å². The molecule has 2 rings (SSSR count). The van der Waals surface area contributed by atoms with Crippen LogP contribution in [-0.4, -0.2) is 60.9 Å². The van der Waals surface area contributed by atoms with Crippen molar-refractivity contribution < 1.29 is 9.47 Å². The van der Waals surface area contributed by atoms with E-state index in [1.54, 1.807) is 12.4 Å². The van der Waals surface area contributed by atoms with Crippen LogP contribution in [0.3, 0.4) is 0 Å². The molecule has 0 bridgehead atoms. The molecule has 0 spiro atoms. The van der Waals surface area contributed by atoms with E-state index in [4.69, 9.17) is 9.47 Å². The molecule has 2 heterocycles. The Balaban J connectivity index is 0.00000612. The topological polar surface area (TPSA) is 68.3 Å². The second-order valence-electron chi connectivity index (χ2n) is 7.54. The fourth-order valence-corrected chi connectivity index (χ4v) is 5.58. The van der Waals surface area contributed by atoms with Crippen LogP contribution in [0.15, 0.2) is 45.6 Å². The molecule has 2 N–H and O–H groups in total. The van der Waals surface area contributed by atoms with Gasteiger partial charge in [-0.25, -0.2) is 9.97 Å². The zero-order valence-corrected chi connectivity index (χ0v) is 26.9. The van der Waals surface area contributed by atoms with Crippen LogP contribution >= 0.6 is 78.3 Å². The van der Waals surface area contributed by atoms with Crippen LogP contribution in [-0.2, 0) is 0 Å². The van der Waals surface area contributed by atoms with Gasteiger partial charge in [0.25, 0.3) is 0 Å². The number of ether oxygens (including phenoxy) is 2. The van der Waals surface area contributed by atoms with E-state index in [-0.39, 0.29) is 24.8 Å². The molecule has 0 radical (unpaired) electrons. The molecule has 0 saturated carbocycles. The molecule has 0 atom stereocenters. The molecule has 0 unspecified atom stereocenters. The number of nitrogens with one attached hydrogen (secondary N) is 2. The Morgan fingerprint density at radius 2 is 1.08 bits per heavy atom. The highest BCUT2D eigenvalue weighted by Crippen LogP contribution is 2.22. The molecule has 0 aliphatic carbocycles. The van der Waals surface area contributed by atoms with E-state index in [0.29, 0.717) is 25.0 Å². The van der Waals surface area contributed by atoms with Crippen molar-refractivity contribution >= 4 is 78.3 Å². The van der Waals surface area contributed by atoms with Crippen LogP contribution < -0.4 is 20.1 Å². The first-order valence-electron chi connectivity index (χ1n) is 11.9. The number of unbranched alkanes of at least 4 members (excludes halogenated alkanes) is 4. The average molecular weight is 709 g/mol. The van der Waals surface area contributed by atoms with Gasteiger partial charge in [-0.2, -0.15) is 0 Å². The maximum absolute atomic E-state index is 5.69. The van der Waals surface area contributed by atoms with E-state index in [1.807, 2.05) is 45.9 Å². The third-order valence-corrected chi connectivity index (χ3v) is 8.35. The maximum Gasteiger partial charge on any atom is 0.227 e. The van der Waals surface area contributed by atoms with E-state index in [1.165, 1.54) is 25.7 Å². The normalized spacial score (nSPS) is 10.4. The summed E-state index contributed by atoms with van der Waals surface area (Å²) in [6, 6.07) is 7.68. The van der Waals surface area contributed by atoms with Crippen molar-refractivity contribution in [3.05, 3.63) is 45.6 Å². The number of hydrogen-bond donors (Lipinski definition) is 2. The number of hydrogen-bond acceptors (Lipinski definition) is 8. The van der Waals surface area contributed by atoms with Crippen molar-refractivity contribution in [2.45, 2.75) is 38.5 Å². The van der Waals surface area contributed by atoms with Crippen molar-refractivity contribution in [3.63, 3.8) is 0 Å². The Bertz CT molecular complexity index is 725. The van der Waals surface area contributed by atoms with Gasteiger partial charge in [-0.1, -0.05) is 21.6 Å². The fraction of sp³-hybridized carbons (Fsp3) is 0.583. The molecule has 206 valence electrons. The molecule has 0 fully saturated rings. The number of rotatable bonds is 21. The molecule has 2 aromatic rings. The van der Waals surface area contributed by atoms with Gasteiger partial charge >= 0.3 is 0 Å². The van der Waals surface area contributed by atoms with E-state index in [9.17, 15) is 0 Å². The third-order valence-electron chi connectivity index (χ3n) is 4.73. The lowest BCUT2D eigenvalue weighted by molar-refractivity contribution is 0.291. The van der Waals surface area contributed by atoms with Gasteiger partial charge in [-0.15, -0.1) is 24.8 Å². The standard InChI is InChI=1S/C24H36Br2N4O2S2.2ClH/c25-21-9-7-13-29-23(21)31-17-5-1-3-11-27-15-19-33-34-20-16-28-12-4-2-6-18-32-24-22(26)10-8-14-30-24;;/h7-10,13-14,27-28H,1-6,11-12,15-20H2;2*1H. The van der Waals surface area contributed by atoms with Crippen LogP contribution in [0, 0.1) is 0 Å². The van der Waals surface area contributed by atoms with Crippen molar-refractivity contribution in [3.8, 4) is 11.8 Å². The predicted octanol–water partition coefficient (Wildman–Crippen LogP) is 7.20. The fourth-order valence-electron chi connectivity index (χ4n) is 2.95. The Morgan fingerprint density at radius 3 is 1.50 bits per heavy atom. The van der Waals surface area contributed by atoms with E-state index >= 15 is 0 Å². The average Bonchev–Trinajstić information content (AvgIpc) is 2.85. The summed E-state index contributed by atoms with van der Waals surface area (Å²) in [5, 5.41) is 7.05. The van der Waals surface area contributed by atoms with E-state index < -0.39 is 0 Å². The molecule has 2 aromatic heterocycles. The summed E-state index contributed by atoms with van der Waals surface area (Å²) in [6.45, 7) is 5.72. The summed E-state index contributed by atoms with van der Waals surface area (Å²) in [5.41, 5.74) is 0. The van der Waals surface area contributed by atoms with Crippen molar-refractivity contribution in [1.82, 2.24) is 20.6 Å². The van der Waals surface area contributed by atoms with Gasteiger partial charge in [-0.3, -0.25) is 0 Å². The molecular weight excluding hydrogens is 671 g/mol. The Hall–Kier alpha value is 0.0600. The summed E-state index contributed by atoms with van der Waals surface area (Å²) < 4.78 is 13.2. The molecular formula is C24H38Br2Cl2N4O2S2. The molecule has 36 heavy (non-hydrogen) atoms. The maximum atomic E-state index is 5.69. The number of pyridine rings is 2. The minimum absolute atomic E-state index is 0. The number of nitrogens with zero attached hydrogens (tertiary/aromatic N) is 2. The first-order chi connectivity index (χ1) is 16.8. The highest BCUT2D eigenvalue weighted by molar-refractivity contribution is 9.10. The van der Waals surface area contributed by atoms with Crippen LogP contribution in [0.2, 0.25) is 0 Å². The first kappa shape index (κ1) is 36.1. The van der Waals surface area contributed by atoms with Crippen LogP contribution in [0.25, 0.3) is 0 Å². The predicted molar refractivity (Wildman–Crippen MR) is 168 cm³/mol. The summed E-state index contributed by atoms with van der Waals surface area (Å²) in [6.07, 6.45) is 10.3. The van der Waals surface area contributed by atoms with Gasteiger partial charge in [-0.05, 0) is 108 Å². The SMILES string of the molecule is Brc1cccnc1OCCCCCNCCSSCCNCCCCCOc1ncccc1Br.Cl.Cl. The molecule has 0 aromatic carbocycles. The van der Waals surface area contributed by atoms with Gasteiger partial charge in [0.05, 0.1) is 22.2 Å². The third kappa shape index (κ3) is 18.3. The van der Waals surface area contributed by atoms with Gasteiger partial charge < -0.3 is 20.1 Å². The van der Waals surface area contributed by atoms with E-state index in [0.717, 1.165) is 59.5 Å².